The first-order valence-electron chi connectivity index (χ1n) is 8.44. The molecule has 4 rings (SSSR count). The summed E-state index contributed by atoms with van der Waals surface area (Å²) in [5.74, 6) is 0. The van der Waals surface area contributed by atoms with Crippen LogP contribution in [-0.2, 0) is 4.57 Å². The summed E-state index contributed by atoms with van der Waals surface area (Å²) in [6.45, 7) is 3.99. The summed E-state index contributed by atoms with van der Waals surface area (Å²) in [6, 6.07) is 30.0. The van der Waals surface area contributed by atoms with Crippen molar-refractivity contribution in [2.24, 2.45) is 0 Å². The van der Waals surface area contributed by atoms with Crippen LogP contribution in [0.15, 0.2) is 104 Å². The molecular weight excluding hydrogens is 325 g/mol. The standard InChI is InChI=1S/C22H20NOP/c1-2-21-22(18-12-6-3-7-13-18)23(21)25(24,19-14-8-4-9-15-19)20-16-10-5-11-17-20/h2-17,21-22H,1H2/t21-,22+,23?/m1/s1. The molecule has 1 unspecified atom stereocenters. The number of hydrogen-bond donors (Lipinski definition) is 0. The first-order valence-corrected chi connectivity index (χ1v) is 10.1. The van der Waals surface area contributed by atoms with Gasteiger partial charge in [0.15, 0.2) is 0 Å². The van der Waals surface area contributed by atoms with Crippen LogP contribution in [0.5, 0.6) is 0 Å². The summed E-state index contributed by atoms with van der Waals surface area (Å²) in [6.07, 6.45) is 1.91. The van der Waals surface area contributed by atoms with Gasteiger partial charge < -0.3 is 0 Å². The molecule has 0 aromatic heterocycles. The molecule has 3 aromatic rings. The van der Waals surface area contributed by atoms with Crippen LogP contribution in [0.1, 0.15) is 11.6 Å². The third-order valence-electron chi connectivity index (χ3n) is 4.74. The lowest BCUT2D eigenvalue weighted by Gasteiger charge is -2.22. The van der Waals surface area contributed by atoms with Crippen molar-refractivity contribution in [2.75, 3.05) is 0 Å². The highest BCUT2D eigenvalue weighted by Crippen LogP contribution is 2.64. The fraction of sp³-hybridized carbons (Fsp3) is 0.0909. The predicted octanol–water partition coefficient (Wildman–Crippen LogP) is 4.53. The summed E-state index contributed by atoms with van der Waals surface area (Å²) in [7, 11) is -2.92. The molecular formula is C22H20NOP. The lowest BCUT2D eigenvalue weighted by atomic mass is 10.1. The molecule has 25 heavy (non-hydrogen) atoms. The third kappa shape index (κ3) is 2.68. The van der Waals surface area contributed by atoms with Gasteiger partial charge in [0, 0.05) is 10.6 Å². The van der Waals surface area contributed by atoms with Gasteiger partial charge in [0.2, 0.25) is 7.29 Å². The zero-order valence-electron chi connectivity index (χ0n) is 13.9. The fourth-order valence-corrected chi connectivity index (χ4v) is 6.65. The van der Waals surface area contributed by atoms with E-state index in [1.807, 2.05) is 84.9 Å². The molecule has 0 saturated carbocycles. The highest BCUT2D eigenvalue weighted by Gasteiger charge is 2.57. The van der Waals surface area contributed by atoms with Crippen LogP contribution in [0.4, 0.5) is 0 Å². The molecule has 0 radical (unpaired) electrons. The van der Waals surface area contributed by atoms with E-state index in [1.165, 1.54) is 5.56 Å². The summed E-state index contributed by atoms with van der Waals surface area (Å²) >= 11 is 0. The Morgan fingerprint density at radius 3 is 1.64 bits per heavy atom. The quantitative estimate of drug-likeness (QED) is 0.385. The second-order valence-corrected chi connectivity index (χ2v) is 8.86. The Balaban J connectivity index is 1.85. The minimum absolute atomic E-state index is 0.0774. The third-order valence-corrected chi connectivity index (χ3v) is 7.91. The SMILES string of the molecule is C=C[C@@H]1[C@H](c2ccccc2)N1P(=O)(c1ccccc1)c1ccccc1. The van der Waals surface area contributed by atoms with Crippen molar-refractivity contribution < 1.29 is 4.57 Å². The monoisotopic (exact) mass is 345 g/mol. The summed E-state index contributed by atoms with van der Waals surface area (Å²) in [5.41, 5.74) is 1.18. The van der Waals surface area contributed by atoms with E-state index >= 15 is 0 Å². The molecule has 1 heterocycles. The van der Waals surface area contributed by atoms with Crippen molar-refractivity contribution in [1.82, 2.24) is 4.67 Å². The maximum absolute atomic E-state index is 14.4. The van der Waals surface area contributed by atoms with Gasteiger partial charge in [-0.2, -0.15) is 0 Å². The first kappa shape index (κ1) is 16.1. The number of benzene rings is 3. The Kier molecular flexibility index (Phi) is 4.17. The molecule has 3 aromatic carbocycles. The Morgan fingerprint density at radius 1 is 0.760 bits per heavy atom. The van der Waals surface area contributed by atoms with E-state index in [0.717, 1.165) is 10.6 Å². The van der Waals surface area contributed by atoms with Crippen molar-refractivity contribution in [3.05, 3.63) is 109 Å². The first-order chi connectivity index (χ1) is 12.3. The Morgan fingerprint density at radius 2 is 1.20 bits per heavy atom. The molecule has 1 aliphatic heterocycles. The fourth-order valence-electron chi connectivity index (χ4n) is 3.51. The minimum atomic E-state index is -2.92. The van der Waals surface area contributed by atoms with E-state index < -0.39 is 7.29 Å². The molecule has 3 atom stereocenters. The van der Waals surface area contributed by atoms with Crippen LogP contribution < -0.4 is 10.6 Å². The molecule has 1 aliphatic rings. The zero-order chi connectivity index (χ0) is 17.3. The average molecular weight is 345 g/mol. The highest BCUT2D eigenvalue weighted by molar-refractivity contribution is 7.76. The van der Waals surface area contributed by atoms with Gasteiger partial charge in [-0.1, -0.05) is 72.8 Å². The van der Waals surface area contributed by atoms with Gasteiger partial charge in [0.05, 0.1) is 12.1 Å². The van der Waals surface area contributed by atoms with Gasteiger partial charge >= 0.3 is 0 Å². The van der Waals surface area contributed by atoms with Gasteiger partial charge in [-0.25, -0.2) is 4.67 Å². The van der Waals surface area contributed by atoms with Gasteiger partial charge in [-0.3, -0.25) is 4.57 Å². The summed E-state index contributed by atoms with van der Waals surface area (Å²) in [4.78, 5) is 0. The second-order valence-electron chi connectivity index (χ2n) is 6.21. The summed E-state index contributed by atoms with van der Waals surface area (Å²) in [5, 5.41) is 1.73. The Hall–Kier alpha value is -2.41. The van der Waals surface area contributed by atoms with Crippen LogP contribution in [0.25, 0.3) is 0 Å². The van der Waals surface area contributed by atoms with Crippen molar-refractivity contribution in [3.63, 3.8) is 0 Å². The zero-order valence-corrected chi connectivity index (χ0v) is 14.8. The topological polar surface area (TPSA) is 20.1 Å². The van der Waals surface area contributed by atoms with Crippen LogP contribution in [0.3, 0.4) is 0 Å². The smallest absolute Gasteiger partial charge is 0.208 e. The van der Waals surface area contributed by atoms with Gasteiger partial charge in [-0.05, 0) is 29.8 Å². The van der Waals surface area contributed by atoms with Gasteiger partial charge in [0.25, 0.3) is 0 Å². The van der Waals surface area contributed by atoms with E-state index in [1.54, 1.807) is 0 Å². The molecule has 0 aliphatic carbocycles. The van der Waals surface area contributed by atoms with Crippen LogP contribution >= 0.6 is 7.29 Å². The maximum Gasteiger partial charge on any atom is 0.208 e. The molecule has 0 amide bonds. The summed E-state index contributed by atoms with van der Waals surface area (Å²) < 4.78 is 16.5. The van der Waals surface area contributed by atoms with Gasteiger partial charge in [0.1, 0.15) is 0 Å². The van der Waals surface area contributed by atoms with E-state index in [2.05, 4.69) is 23.4 Å². The minimum Gasteiger partial charge on any atom is -0.296 e. The molecule has 1 fully saturated rings. The van der Waals surface area contributed by atoms with E-state index in [4.69, 9.17) is 0 Å². The van der Waals surface area contributed by atoms with Gasteiger partial charge in [-0.15, -0.1) is 6.58 Å². The second kappa shape index (κ2) is 6.48. The molecule has 0 N–H and O–H groups in total. The molecule has 2 nitrogen and oxygen atoms in total. The van der Waals surface area contributed by atoms with Crippen molar-refractivity contribution >= 4 is 17.9 Å². The van der Waals surface area contributed by atoms with Crippen molar-refractivity contribution in [1.29, 1.82) is 0 Å². The Bertz CT molecular complexity index is 865. The van der Waals surface area contributed by atoms with Crippen molar-refractivity contribution in [2.45, 2.75) is 12.1 Å². The molecule has 124 valence electrons. The average Bonchev–Trinajstić information content (AvgIpc) is 3.44. The van der Waals surface area contributed by atoms with E-state index in [-0.39, 0.29) is 12.1 Å². The lowest BCUT2D eigenvalue weighted by Crippen LogP contribution is -2.22. The van der Waals surface area contributed by atoms with E-state index in [0.29, 0.717) is 0 Å². The number of rotatable bonds is 5. The van der Waals surface area contributed by atoms with Crippen LogP contribution in [-0.4, -0.2) is 10.7 Å². The highest BCUT2D eigenvalue weighted by atomic mass is 31.2. The predicted molar refractivity (Wildman–Crippen MR) is 105 cm³/mol. The van der Waals surface area contributed by atoms with Crippen molar-refractivity contribution in [3.8, 4) is 0 Å². The van der Waals surface area contributed by atoms with Crippen LogP contribution in [0, 0.1) is 0 Å². The normalized spacial score (nSPS) is 22.3. The van der Waals surface area contributed by atoms with Crippen LogP contribution in [0.2, 0.25) is 0 Å². The largest absolute Gasteiger partial charge is 0.296 e. The molecule has 0 spiro atoms. The number of hydrogen-bond acceptors (Lipinski definition) is 1. The molecule has 3 heteroatoms. The molecule has 0 bridgehead atoms. The Labute approximate surface area is 148 Å². The maximum atomic E-state index is 14.4. The molecule has 1 saturated heterocycles. The number of nitrogens with zero attached hydrogens (tertiary/aromatic N) is 1. The lowest BCUT2D eigenvalue weighted by molar-refractivity contribution is 0.557. The van der Waals surface area contributed by atoms with E-state index in [9.17, 15) is 4.57 Å².